The maximum Gasteiger partial charge on any atom is 0.336 e. The molecule has 0 unspecified atom stereocenters. The Morgan fingerprint density at radius 3 is 2.67 bits per heavy atom. The smallest absolute Gasteiger partial charge is 0.336 e. The van der Waals surface area contributed by atoms with Crippen LogP contribution in [0, 0.1) is 0 Å². The van der Waals surface area contributed by atoms with Crippen molar-refractivity contribution in [1.29, 1.82) is 0 Å². The molecule has 0 bridgehead atoms. The molecule has 0 aliphatic heterocycles. The Hall–Kier alpha value is -2.83. The fourth-order valence-corrected chi connectivity index (χ4v) is 1.65. The molecule has 2 aromatic rings. The minimum absolute atomic E-state index is 0.358. The van der Waals surface area contributed by atoms with E-state index in [1.807, 2.05) is 0 Å². The van der Waals surface area contributed by atoms with Gasteiger partial charge in [0.2, 0.25) is 0 Å². The maximum atomic E-state index is 11.7. The second-order valence-electron chi connectivity index (χ2n) is 4.28. The van der Waals surface area contributed by atoms with Gasteiger partial charge in [0.05, 0.1) is 0 Å². The summed E-state index contributed by atoms with van der Waals surface area (Å²) in [6, 6.07) is 7.21. The summed E-state index contributed by atoms with van der Waals surface area (Å²) in [5.74, 6) is -0.222. The van der Waals surface area contributed by atoms with Crippen LogP contribution in [0.25, 0.3) is 11.0 Å². The number of hydrogen-bond donors (Lipinski definition) is 2. The van der Waals surface area contributed by atoms with Crippen LogP contribution in [0.3, 0.4) is 0 Å². The topological polar surface area (TPSA) is 97.6 Å². The lowest BCUT2D eigenvalue weighted by Crippen LogP contribution is -2.43. The lowest BCUT2D eigenvalue weighted by Gasteiger charge is -2.14. The summed E-state index contributed by atoms with van der Waals surface area (Å²) in [4.78, 5) is 33.9. The first-order valence-electron chi connectivity index (χ1n) is 6.23. The number of fused-ring (bicyclic) bond motifs is 1. The van der Waals surface area contributed by atoms with E-state index in [0.29, 0.717) is 11.3 Å². The number of ether oxygens (including phenoxy) is 1. The van der Waals surface area contributed by atoms with Crippen LogP contribution in [0.2, 0.25) is 0 Å². The molecule has 110 valence electrons. The molecular formula is C14H14N2O5. The number of nitrogens with one attached hydrogen (secondary N) is 2. The fourth-order valence-electron chi connectivity index (χ4n) is 1.65. The number of carbonyl (C=O) groups excluding carboxylic acids is 2. The van der Waals surface area contributed by atoms with Gasteiger partial charge in [-0.3, -0.25) is 10.1 Å². The van der Waals surface area contributed by atoms with Gasteiger partial charge in [-0.1, -0.05) is 0 Å². The van der Waals surface area contributed by atoms with E-state index >= 15 is 0 Å². The van der Waals surface area contributed by atoms with E-state index in [4.69, 9.17) is 9.15 Å². The molecule has 21 heavy (non-hydrogen) atoms. The summed E-state index contributed by atoms with van der Waals surface area (Å²) in [5, 5.41) is 5.12. The summed E-state index contributed by atoms with van der Waals surface area (Å²) in [6.07, 6.45) is -0.879. The number of hydrogen-bond acceptors (Lipinski definition) is 5. The van der Waals surface area contributed by atoms with Gasteiger partial charge in [0.15, 0.2) is 6.10 Å². The minimum Gasteiger partial charge on any atom is -0.481 e. The number of imide groups is 1. The van der Waals surface area contributed by atoms with E-state index in [0.717, 1.165) is 5.39 Å². The largest absolute Gasteiger partial charge is 0.481 e. The molecule has 1 aromatic carbocycles. The molecule has 0 saturated heterocycles. The first-order chi connectivity index (χ1) is 9.99. The van der Waals surface area contributed by atoms with Crippen molar-refractivity contribution in [3.05, 3.63) is 40.8 Å². The highest BCUT2D eigenvalue weighted by atomic mass is 16.5. The van der Waals surface area contributed by atoms with Crippen LogP contribution in [0.4, 0.5) is 4.79 Å². The van der Waals surface area contributed by atoms with Gasteiger partial charge in [-0.2, -0.15) is 0 Å². The molecule has 3 amide bonds. The molecule has 0 aliphatic carbocycles. The van der Waals surface area contributed by atoms with Gasteiger partial charge in [-0.25, -0.2) is 9.59 Å². The van der Waals surface area contributed by atoms with Crippen molar-refractivity contribution in [2.75, 3.05) is 7.05 Å². The quantitative estimate of drug-likeness (QED) is 0.822. The first-order valence-corrected chi connectivity index (χ1v) is 6.23. The average Bonchev–Trinajstić information content (AvgIpc) is 2.46. The van der Waals surface area contributed by atoms with Gasteiger partial charge in [-0.05, 0) is 25.1 Å². The van der Waals surface area contributed by atoms with Crippen LogP contribution in [-0.2, 0) is 4.79 Å². The average molecular weight is 290 g/mol. The minimum atomic E-state index is -0.879. The van der Waals surface area contributed by atoms with Gasteiger partial charge in [-0.15, -0.1) is 0 Å². The Morgan fingerprint density at radius 2 is 1.95 bits per heavy atom. The summed E-state index contributed by atoms with van der Waals surface area (Å²) < 4.78 is 10.4. The van der Waals surface area contributed by atoms with Crippen molar-refractivity contribution in [3.8, 4) is 5.75 Å². The first kappa shape index (κ1) is 14.6. The SMILES string of the molecule is CNC(=O)NC(=O)[C@@H](C)Oc1ccc2ccc(=O)oc2c1. The zero-order valence-corrected chi connectivity index (χ0v) is 11.5. The summed E-state index contributed by atoms with van der Waals surface area (Å²) in [5.41, 5.74) is -0.107. The third-order valence-electron chi connectivity index (χ3n) is 2.74. The molecule has 0 saturated carbocycles. The standard InChI is InChI=1S/C14H14N2O5/c1-8(13(18)16-14(19)15-2)20-10-5-3-9-4-6-12(17)21-11(9)7-10/h3-8H,1-2H3,(H2,15,16,18,19)/t8-/m1/s1. The summed E-state index contributed by atoms with van der Waals surface area (Å²) in [7, 11) is 1.40. The molecule has 7 nitrogen and oxygen atoms in total. The van der Waals surface area contributed by atoms with Gasteiger partial charge < -0.3 is 14.5 Å². The van der Waals surface area contributed by atoms with E-state index in [1.54, 1.807) is 18.2 Å². The molecular weight excluding hydrogens is 276 g/mol. The van der Waals surface area contributed by atoms with Crippen molar-refractivity contribution >= 4 is 22.9 Å². The second-order valence-corrected chi connectivity index (χ2v) is 4.28. The third-order valence-corrected chi connectivity index (χ3v) is 2.74. The van der Waals surface area contributed by atoms with Crippen LogP contribution < -0.4 is 21.0 Å². The highest BCUT2D eigenvalue weighted by molar-refractivity contribution is 5.96. The molecule has 0 aliphatic rings. The Balaban J connectivity index is 2.13. The Kier molecular flexibility index (Phi) is 4.22. The molecule has 2 rings (SSSR count). The van der Waals surface area contributed by atoms with Gasteiger partial charge in [0.1, 0.15) is 11.3 Å². The van der Waals surface area contributed by atoms with Gasteiger partial charge in [0, 0.05) is 24.6 Å². The van der Waals surface area contributed by atoms with Gasteiger partial charge >= 0.3 is 11.7 Å². The normalized spacial score (nSPS) is 11.7. The van der Waals surface area contributed by atoms with Crippen molar-refractivity contribution in [3.63, 3.8) is 0 Å². The Labute approximate surface area is 119 Å². The number of rotatable bonds is 3. The predicted molar refractivity (Wildman–Crippen MR) is 75.2 cm³/mol. The highest BCUT2D eigenvalue weighted by Gasteiger charge is 2.17. The molecule has 0 spiro atoms. The molecule has 1 atom stereocenters. The van der Waals surface area contributed by atoms with Crippen molar-refractivity contribution in [2.24, 2.45) is 0 Å². The van der Waals surface area contributed by atoms with Crippen molar-refractivity contribution in [2.45, 2.75) is 13.0 Å². The third kappa shape index (κ3) is 3.59. The number of urea groups is 1. The molecule has 1 aromatic heterocycles. The highest BCUT2D eigenvalue weighted by Crippen LogP contribution is 2.20. The Bertz CT molecular complexity index is 737. The monoisotopic (exact) mass is 290 g/mol. The fraction of sp³-hybridized carbons (Fsp3) is 0.214. The number of amides is 3. The molecule has 2 N–H and O–H groups in total. The predicted octanol–water partition coefficient (Wildman–Crippen LogP) is 1.02. The lowest BCUT2D eigenvalue weighted by molar-refractivity contribution is -0.126. The van der Waals surface area contributed by atoms with E-state index in [9.17, 15) is 14.4 Å². The molecule has 0 fully saturated rings. The summed E-state index contributed by atoms with van der Waals surface area (Å²) in [6.45, 7) is 1.50. The van der Waals surface area contributed by atoms with Crippen LogP contribution in [-0.4, -0.2) is 25.1 Å². The maximum absolute atomic E-state index is 11.7. The zero-order valence-electron chi connectivity index (χ0n) is 11.5. The Morgan fingerprint density at radius 1 is 1.24 bits per heavy atom. The van der Waals surface area contributed by atoms with Crippen molar-refractivity contribution in [1.82, 2.24) is 10.6 Å². The van der Waals surface area contributed by atoms with Gasteiger partial charge in [0.25, 0.3) is 5.91 Å². The molecule has 1 heterocycles. The van der Waals surface area contributed by atoms with Crippen LogP contribution >= 0.6 is 0 Å². The second kappa shape index (κ2) is 6.08. The zero-order chi connectivity index (χ0) is 15.4. The lowest BCUT2D eigenvalue weighted by atomic mass is 10.2. The van der Waals surface area contributed by atoms with Crippen LogP contribution in [0.1, 0.15) is 6.92 Å². The number of benzene rings is 1. The van der Waals surface area contributed by atoms with Crippen molar-refractivity contribution < 1.29 is 18.7 Å². The summed E-state index contributed by atoms with van der Waals surface area (Å²) >= 11 is 0. The molecule has 7 heteroatoms. The van der Waals surface area contributed by atoms with E-state index < -0.39 is 23.7 Å². The molecule has 0 radical (unpaired) electrons. The van der Waals surface area contributed by atoms with Crippen LogP contribution in [0.5, 0.6) is 5.75 Å². The van der Waals surface area contributed by atoms with E-state index in [-0.39, 0.29) is 0 Å². The number of carbonyl (C=O) groups is 2. The van der Waals surface area contributed by atoms with Crippen LogP contribution in [0.15, 0.2) is 39.5 Å². The van der Waals surface area contributed by atoms with E-state index in [2.05, 4.69) is 10.6 Å². The van der Waals surface area contributed by atoms with E-state index in [1.165, 1.54) is 26.1 Å².